The van der Waals surface area contributed by atoms with Crippen LogP contribution in [0.1, 0.15) is 19.4 Å². The van der Waals surface area contributed by atoms with Gasteiger partial charge in [0.1, 0.15) is 6.61 Å². The van der Waals surface area contributed by atoms with Crippen molar-refractivity contribution in [1.82, 2.24) is 10.9 Å². The number of hydrogen-bond donors (Lipinski definition) is 2. The van der Waals surface area contributed by atoms with Gasteiger partial charge in [0.15, 0.2) is 0 Å². The van der Waals surface area contributed by atoms with E-state index in [1.807, 2.05) is 30.3 Å². The highest BCUT2D eigenvalue weighted by atomic mass is 16.6. The van der Waals surface area contributed by atoms with Crippen LogP contribution in [0.5, 0.6) is 0 Å². The molecule has 4 heteroatoms. The average molecular weight is 222 g/mol. The molecule has 16 heavy (non-hydrogen) atoms. The molecule has 0 spiro atoms. The number of ether oxygens (including phenoxy) is 1. The van der Waals surface area contributed by atoms with Gasteiger partial charge in [-0.3, -0.25) is 5.43 Å². The summed E-state index contributed by atoms with van der Waals surface area (Å²) in [5, 5.41) is 0. The number of amides is 1. The van der Waals surface area contributed by atoms with E-state index in [0.717, 1.165) is 12.1 Å². The van der Waals surface area contributed by atoms with Crippen molar-refractivity contribution in [2.24, 2.45) is 5.92 Å². The van der Waals surface area contributed by atoms with E-state index in [9.17, 15) is 4.79 Å². The Balaban J connectivity index is 2.16. The van der Waals surface area contributed by atoms with E-state index in [4.69, 9.17) is 4.74 Å². The predicted molar refractivity (Wildman–Crippen MR) is 62.6 cm³/mol. The summed E-state index contributed by atoms with van der Waals surface area (Å²) in [5.41, 5.74) is 6.24. The molecule has 1 amide bonds. The zero-order valence-corrected chi connectivity index (χ0v) is 9.69. The van der Waals surface area contributed by atoms with Crippen molar-refractivity contribution >= 4 is 6.09 Å². The molecule has 0 aliphatic heterocycles. The smallest absolute Gasteiger partial charge is 0.421 e. The van der Waals surface area contributed by atoms with Crippen LogP contribution in [0.15, 0.2) is 30.3 Å². The van der Waals surface area contributed by atoms with Crippen LogP contribution < -0.4 is 10.9 Å². The van der Waals surface area contributed by atoms with Crippen LogP contribution in [0.4, 0.5) is 4.79 Å². The Kier molecular flexibility index (Phi) is 5.36. The third-order valence-electron chi connectivity index (χ3n) is 1.91. The fourth-order valence-electron chi connectivity index (χ4n) is 1.09. The minimum atomic E-state index is -0.454. The molecule has 1 aromatic rings. The second kappa shape index (κ2) is 6.85. The predicted octanol–water partition coefficient (Wildman–Crippen LogP) is 2.07. The standard InChI is InChI=1S/C12H18N2O2/c1-10(2)8-13-14-12(15)16-9-11-6-4-3-5-7-11/h3-7,10,13H,8-9H2,1-2H3,(H,14,15). The number of hydrogen-bond acceptors (Lipinski definition) is 3. The quantitative estimate of drug-likeness (QED) is 0.750. The van der Waals surface area contributed by atoms with Crippen molar-refractivity contribution in [3.63, 3.8) is 0 Å². The molecule has 1 rings (SSSR count). The maximum absolute atomic E-state index is 11.2. The fraction of sp³-hybridized carbons (Fsp3) is 0.417. The van der Waals surface area contributed by atoms with Gasteiger partial charge in [-0.15, -0.1) is 0 Å². The van der Waals surface area contributed by atoms with E-state index >= 15 is 0 Å². The highest BCUT2D eigenvalue weighted by molar-refractivity contribution is 5.66. The van der Waals surface area contributed by atoms with Gasteiger partial charge in [0.25, 0.3) is 0 Å². The maximum atomic E-state index is 11.2. The van der Waals surface area contributed by atoms with Gasteiger partial charge in [-0.05, 0) is 11.5 Å². The molecule has 0 heterocycles. The first kappa shape index (κ1) is 12.5. The molecule has 0 bridgehead atoms. The van der Waals surface area contributed by atoms with Gasteiger partial charge in [0, 0.05) is 6.54 Å². The largest absolute Gasteiger partial charge is 0.444 e. The lowest BCUT2D eigenvalue weighted by molar-refractivity contribution is 0.134. The third-order valence-corrected chi connectivity index (χ3v) is 1.91. The minimum Gasteiger partial charge on any atom is -0.444 e. The molecule has 0 aliphatic rings. The van der Waals surface area contributed by atoms with Crippen molar-refractivity contribution in [2.45, 2.75) is 20.5 Å². The molecular weight excluding hydrogens is 204 g/mol. The molecule has 0 atom stereocenters. The summed E-state index contributed by atoms with van der Waals surface area (Å²) < 4.78 is 5.00. The van der Waals surface area contributed by atoms with E-state index in [0.29, 0.717) is 5.92 Å². The molecule has 0 saturated heterocycles. The Labute approximate surface area is 96.0 Å². The second-order valence-corrected chi connectivity index (χ2v) is 3.96. The number of hydrazine groups is 1. The molecule has 0 aromatic heterocycles. The van der Waals surface area contributed by atoms with Crippen molar-refractivity contribution in [2.75, 3.05) is 6.54 Å². The van der Waals surface area contributed by atoms with Crippen LogP contribution in [0.3, 0.4) is 0 Å². The van der Waals surface area contributed by atoms with Crippen LogP contribution in [-0.4, -0.2) is 12.6 Å². The first-order valence-electron chi connectivity index (χ1n) is 5.38. The van der Waals surface area contributed by atoms with Crippen LogP contribution >= 0.6 is 0 Å². The lowest BCUT2D eigenvalue weighted by Gasteiger charge is -2.09. The lowest BCUT2D eigenvalue weighted by atomic mass is 10.2. The Hall–Kier alpha value is -1.55. The maximum Gasteiger partial charge on any atom is 0.421 e. The van der Waals surface area contributed by atoms with Gasteiger partial charge >= 0.3 is 6.09 Å². The molecule has 0 fully saturated rings. The Morgan fingerprint density at radius 3 is 2.62 bits per heavy atom. The molecule has 0 aliphatic carbocycles. The number of carbonyl (C=O) groups excluding carboxylic acids is 1. The van der Waals surface area contributed by atoms with Gasteiger partial charge in [0.2, 0.25) is 0 Å². The Bertz CT molecular complexity index is 312. The molecule has 2 N–H and O–H groups in total. The molecular formula is C12H18N2O2. The zero-order valence-electron chi connectivity index (χ0n) is 9.69. The van der Waals surface area contributed by atoms with Gasteiger partial charge in [0.05, 0.1) is 0 Å². The Morgan fingerprint density at radius 2 is 2.00 bits per heavy atom. The zero-order chi connectivity index (χ0) is 11.8. The first-order valence-corrected chi connectivity index (χ1v) is 5.38. The van der Waals surface area contributed by atoms with E-state index in [-0.39, 0.29) is 6.61 Å². The van der Waals surface area contributed by atoms with E-state index in [1.165, 1.54) is 0 Å². The minimum absolute atomic E-state index is 0.288. The van der Waals surface area contributed by atoms with Crippen LogP contribution in [0, 0.1) is 5.92 Å². The second-order valence-electron chi connectivity index (χ2n) is 3.96. The van der Waals surface area contributed by atoms with Crippen LogP contribution in [0.25, 0.3) is 0 Å². The third kappa shape index (κ3) is 5.36. The van der Waals surface area contributed by atoms with Crippen LogP contribution in [-0.2, 0) is 11.3 Å². The summed E-state index contributed by atoms with van der Waals surface area (Å²) in [6.07, 6.45) is -0.454. The number of benzene rings is 1. The van der Waals surface area contributed by atoms with E-state index < -0.39 is 6.09 Å². The molecule has 1 aromatic carbocycles. The Morgan fingerprint density at radius 1 is 1.31 bits per heavy atom. The van der Waals surface area contributed by atoms with Crippen LogP contribution in [0.2, 0.25) is 0 Å². The molecule has 0 saturated carbocycles. The van der Waals surface area contributed by atoms with Gasteiger partial charge in [-0.2, -0.15) is 0 Å². The number of rotatable bonds is 5. The average Bonchev–Trinajstić information content (AvgIpc) is 2.27. The van der Waals surface area contributed by atoms with Crippen molar-refractivity contribution in [3.05, 3.63) is 35.9 Å². The lowest BCUT2D eigenvalue weighted by Crippen LogP contribution is -2.39. The molecule has 4 nitrogen and oxygen atoms in total. The van der Waals surface area contributed by atoms with Crippen molar-refractivity contribution < 1.29 is 9.53 Å². The normalized spacial score (nSPS) is 10.2. The highest BCUT2D eigenvalue weighted by Gasteiger charge is 2.01. The SMILES string of the molecule is CC(C)CNNC(=O)OCc1ccccc1. The molecule has 88 valence electrons. The summed E-state index contributed by atoms with van der Waals surface area (Å²) in [5.74, 6) is 0.481. The number of nitrogens with one attached hydrogen (secondary N) is 2. The van der Waals surface area contributed by atoms with Gasteiger partial charge < -0.3 is 4.74 Å². The number of carbonyl (C=O) groups is 1. The van der Waals surface area contributed by atoms with Gasteiger partial charge in [-0.1, -0.05) is 44.2 Å². The topological polar surface area (TPSA) is 50.4 Å². The van der Waals surface area contributed by atoms with Crippen molar-refractivity contribution in [3.8, 4) is 0 Å². The van der Waals surface area contributed by atoms with Crippen molar-refractivity contribution in [1.29, 1.82) is 0 Å². The monoisotopic (exact) mass is 222 g/mol. The highest BCUT2D eigenvalue weighted by Crippen LogP contribution is 2.00. The van der Waals surface area contributed by atoms with E-state index in [2.05, 4.69) is 24.7 Å². The summed E-state index contributed by atoms with van der Waals surface area (Å²) in [4.78, 5) is 11.2. The summed E-state index contributed by atoms with van der Waals surface area (Å²) in [6.45, 7) is 5.13. The summed E-state index contributed by atoms with van der Waals surface area (Å²) in [6, 6.07) is 9.57. The van der Waals surface area contributed by atoms with E-state index in [1.54, 1.807) is 0 Å². The summed E-state index contributed by atoms with van der Waals surface area (Å²) in [7, 11) is 0. The molecule has 0 unspecified atom stereocenters. The van der Waals surface area contributed by atoms with Gasteiger partial charge in [-0.25, -0.2) is 10.2 Å². The first-order chi connectivity index (χ1) is 7.68. The summed E-state index contributed by atoms with van der Waals surface area (Å²) >= 11 is 0. The fourth-order valence-corrected chi connectivity index (χ4v) is 1.09. The molecule has 0 radical (unpaired) electrons.